The van der Waals surface area contributed by atoms with Crippen LogP contribution in [0, 0.1) is 5.82 Å². The fraction of sp³-hybridized carbons (Fsp3) is 0.562. The standard InChI is InChI=1S/C16H22FNO2/c17-14-8-6-13(7-9-14)12-18(11-10-16(19)20)15-4-2-1-3-5-15/h6-9,15H,1-5,10-12H2,(H,19,20). The van der Waals surface area contributed by atoms with E-state index in [9.17, 15) is 9.18 Å². The number of carboxylic acid groups (broad SMARTS) is 1. The Bertz CT molecular complexity index is 427. The first-order valence-electron chi connectivity index (χ1n) is 7.35. The van der Waals surface area contributed by atoms with Crippen LogP contribution >= 0.6 is 0 Å². The highest BCUT2D eigenvalue weighted by Gasteiger charge is 2.21. The van der Waals surface area contributed by atoms with E-state index in [2.05, 4.69) is 4.90 Å². The average Bonchev–Trinajstić information content (AvgIpc) is 2.46. The highest BCUT2D eigenvalue weighted by molar-refractivity contribution is 5.66. The van der Waals surface area contributed by atoms with E-state index in [1.807, 2.05) is 0 Å². The molecule has 3 nitrogen and oxygen atoms in total. The van der Waals surface area contributed by atoms with Gasteiger partial charge < -0.3 is 5.11 Å². The fourth-order valence-corrected chi connectivity index (χ4v) is 2.90. The molecule has 1 aliphatic carbocycles. The summed E-state index contributed by atoms with van der Waals surface area (Å²) >= 11 is 0. The molecular formula is C16H22FNO2. The molecule has 0 amide bonds. The molecule has 1 aromatic rings. The average molecular weight is 279 g/mol. The van der Waals surface area contributed by atoms with Gasteiger partial charge in [-0.1, -0.05) is 31.4 Å². The van der Waals surface area contributed by atoms with Gasteiger partial charge in [-0.05, 0) is 30.5 Å². The summed E-state index contributed by atoms with van der Waals surface area (Å²) in [5.41, 5.74) is 1.04. The van der Waals surface area contributed by atoms with Gasteiger partial charge in [-0.2, -0.15) is 0 Å². The summed E-state index contributed by atoms with van der Waals surface area (Å²) < 4.78 is 12.9. The van der Waals surface area contributed by atoms with E-state index in [1.165, 1.54) is 31.4 Å². The van der Waals surface area contributed by atoms with Gasteiger partial charge in [-0.25, -0.2) is 4.39 Å². The number of hydrogen-bond donors (Lipinski definition) is 1. The molecule has 0 saturated heterocycles. The first kappa shape index (κ1) is 15.0. The van der Waals surface area contributed by atoms with Crippen LogP contribution in [0.15, 0.2) is 24.3 Å². The molecule has 0 heterocycles. The Balaban J connectivity index is 2.00. The normalized spacial score (nSPS) is 16.5. The van der Waals surface area contributed by atoms with Crippen molar-refractivity contribution in [3.63, 3.8) is 0 Å². The quantitative estimate of drug-likeness (QED) is 0.867. The van der Waals surface area contributed by atoms with Gasteiger partial charge in [0.15, 0.2) is 0 Å². The first-order valence-corrected chi connectivity index (χ1v) is 7.35. The van der Waals surface area contributed by atoms with Gasteiger partial charge >= 0.3 is 5.97 Å². The van der Waals surface area contributed by atoms with E-state index >= 15 is 0 Å². The van der Waals surface area contributed by atoms with Crippen LogP contribution in [0.2, 0.25) is 0 Å². The number of benzene rings is 1. The summed E-state index contributed by atoms with van der Waals surface area (Å²) in [7, 11) is 0. The van der Waals surface area contributed by atoms with Crippen molar-refractivity contribution in [3.8, 4) is 0 Å². The van der Waals surface area contributed by atoms with Crippen molar-refractivity contribution in [1.82, 2.24) is 4.90 Å². The monoisotopic (exact) mass is 279 g/mol. The number of nitrogens with zero attached hydrogens (tertiary/aromatic N) is 1. The molecular weight excluding hydrogens is 257 g/mol. The maximum atomic E-state index is 12.9. The molecule has 0 aliphatic heterocycles. The molecule has 1 N–H and O–H groups in total. The maximum absolute atomic E-state index is 12.9. The largest absolute Gasteiger partial charge is 0.481 e. The van der Waals surface area contributed by atoms with E-state index in [0.29, 0.717) is 19.1 Å². The third kappa shape index (κ3) is 4.60. The Morgan fingerprint density at radius 1 is 1.20 bits per heavy atom. The molecule has 1 fully saturated rings. The minimum atomic E-state index is -0.759. The Morgan fingerprint density at radius 2 is 1.85 bits per heavy atom. The second-order valence-corrected chi connectivity index (χ2v) is 5.53. The van der Waals surface area contributed by atoms with Crippen LogP contribution in [0.4, 0.5) is 4.39 Å². The number of rotatable bonds is 6. The zero-order chi connectivity index (χ0) is 14.4. The minimum absolute atomic E-state index is 0.164. The lowest BCUT2D eigenvalue weighted by Crippen LogP contribution is -2.37. The van der Waals surface area contributed by atoms with Crippen LogP contribution in [0.5, 0.6) is 0 Å². The van der Waals surface area contributed by atoms with Gasteiger partial charge in [-0.3, -0.25) is 9.69 Å². The van der Waals surface area contributed by atoms with E-state index in [0.717, 1.165) is 18.4 Å². The molecule has 4 heteroatoms. The number of aliphatic carboxylic acids is 1. The lowest BCUT2D eigenvalue weighted by atomic mass is 9.93. The second-order valence-electron chi connectivity index (χ2n) is 5.53. The summed E-state index contributed by atoms with van der Waals surface area (Å²) in [6, 6.07) is 6.96. The Labute approximate surface area is 119 Å². The summed E-state index contributed by atoms with van der Waals surface area (Å²) in [6.45, 7) is 1.27. The van der Waals surface area contributed by atoms with Crippen molar-refractivity contribution >= 4 is 5.97 Å². The van der Waals surface area contributed by atoms with Crippen LogP contribution < -0.4 is 0 Å². The smallest absolute Gasteiger partial charge is 0.304 e. The van der Waals surface area contributed by atoms with Crippen LogP contribution in [-0.4, -0.2) is 28.6 Å². The van der Waals surface area contributed by atoms with E-state index in [1.54, 1.807) is 12.1 Å². The Morgan fingerprint density at radius 3 is 2.45 bits per heavy atom. The predicted molar refractivity (Wildman–Crippen MR) is 75.9 cm³/mol. The van der Waals surface area contributed by atoms with Crippen molar-refractivity contribution in [2.45, 2.75) is 51.1 Å². The number of carboxylic acids is 1. The molecule has 0 spiro atoms. The van der Waals surface area contributed by atoms with Gasteiger partial charge in [0, 0.05) is 19.1 Å². The van der Waals surface area contributed by atoms with Gasteiger partial charge in [0.1, 0.15) is 5.82 Å². The Hall–Kier alpha value is -1.42. The molecule has 0 bridgehead atoms. The predicted octanol–water partition coefficient (Wildman–Crippen LogP) is 3.44. The van der Waals surface area contributed by atoms with E-state index in [4.69, 9.17) is 5.11 Å². The molecule has 0 atom stereocenters. The van der Waals surface area contributed by atoms with Crippen molar-refractivity contribution in [2.24, 2.45) is 0 Å². The molecule has 1 aliphatic rings. The minimum Gasteiger partial charge on any atom is -0.481 e. The molecule has 1 saturated carbocycles. The molecule has 0 unspecified atom stereocenters. The van der Waals surface area contributed by atoms with Crippen LogP contribution in [0.1, 0.15) is 44.1 Å². The number of carbonyl (C=O) groups is 1. The third-order valence-electron chi connectivity index (χ3n) is 4.00. The van der Waals surface area contributed by atoms with Crippen molar-refractivity contribution in [1.29, 1.82) is 0 Å². The molecule has 0 radical (unpaired) electrons. The van der Waals surface area contributed by atoms with Crippen LogP contribution in [0.25, 0.3) is 0 Å². The van der Waals surface area contributed by atoms with Gasteiger partial charge in [-0.15, -0.1) is 0 Å². The summed E-state index contributed by atoms with van der Waals surface area (Å²) in [4.78, 5) is 13.1. The lowest BCUT2D eigenvalue weighted by Gasteiger charge is -2.34. The lowest BCUT2D eigenvalue weighted by molar-refractivity contribution is -0.137. The molecule has 20 heavy (non-hydrogen) atoms. The molecule has 110 valence electrons. The molecule has 0 aromatic heterocycles. The van der Waals surface area contributed by atoms with Crippen molar-refractivity contribution < 1.29 is 14.3 Å². The summed E-state index contributed by atoms with van der Waals surface area (Å²) in [6.07, 6.45) is 6.16. The SMILES string of the molecule is O=C(O)CCN(Cc1ccc(F)cc1)C1CCCCC1. The molecule has 2 rings (SSSR count). The van der Waals surface area contributed by atoms with E-state index < -0.39 is 5.97 Å². The van der Waals surface area contributed by atoms with E-state index in [-0.39, 0.29) is 12.2 Å². The van der Waals surface area contributed by atoms with Gasteiger partial charge in [0.05, 0.1) is 6.42 Å². The fourth-order valence-electron chi connectivity index (χ4n) is 2.90. The zero-order valence-electron chi connectivity index (χ0n) is 11.7. The summed E-state index contributed by atoms with van der Waals surface area (Å²) in [5.74, 6) is -0.992. The highest BCUT2D eigenvalue weighted by Crippen LogP contribution is 2.24. The second kappa shape index (κ2) is 7.39. The summed E-state index contributed by atoms with van der Waals surface area (Å²) in [5, 5.41) is 8.89. The molecule has 1 aromatic carbocycles. The first-order chi connectivity index (χ1) is 9.65. The number of hydrogen-bond acceptors (Lipinski definition) is 2. The van der Waals surface area contributed by atoms with Crippen LogP contribution in [0.3, 0.4) is 0 Å². The number of halogens is 1. The highest BCUT2D eigenvalue weighted by atomic mass is 19.1. The zero-order valence-corrected chi connectivity index (χ0v) is 11.7. The van der Waals surface area contributed by atoms with Gasteiger partial charge in [0.25, 0.3) is 0 Å². The Kier molecular flexibility index (Phi) is 5.53. The topological polar surface area (TPSA) is 40.5 Å². The van der Waals surface area contributed by atoms with Gasteiger partial charge in [0.2, 0.25) is 0 Å². The maximum Gasteiger partial charge on any atom is 0.304 e. The van der Waals surface area contributed by atoms with Crippen LogP contribution in [-0.2, 0) is 11.3 Å². The van der Waals surface area contributed by atoms with Crippen molar-refractivity contribution in [3.05, 3.63) is 35.6 Å². The third-order valence-corrected chi connectivity index (χ3v) is 4.00. The van der Waals surface area contributed by atoms with Crippen molar-refractivity contribution in [2.75, 3.05) is 6.54 Å².